The zero-order valence-corrected chi connectivity index (χ0v) is 20.7. The van der Waals surface area contributed by atoms with E-state index in [1.54, 1.807) is 5.57 Å². The summed E-state index contributed by atoms with van der Waals surface area (Å²) >= 11 is 0. The maximum Gasteiger partial charge on any atom is 0.0386 e. The molecule has 0 aromatic rings. The first-order chi connectivity index (χ1) is 15.9. The van der Waals surface area contributed by atoms with Crippen molar-refractivity contribution >= 4 is 0 Å². The summed E-state index contributed by atoms with van der Waals surface area (Å²) < 4.78 is 0. The van der Waals surface area contributed by atoms with Gasteiger partial charge in [-0.2, -0.15) is 0 Å². The van der Waals surface area contributed by atoms with Crippen LogP contribution < -0.4 is 0 Å². The fourth-order valence-corrected chi connectivity index (χ4v) is 5.10. The van der Waals surface area contributed by atoms with Crippen molar-refractivity contribution < 1.29 is 0 Å². The molecule has 0 unspecified atom stereocenters. The standard InChI is InChI=1S/C30H48N2/c1-3-7-11-15-23-31-25-18-22-30(28-31)20-14-10-6-2-4-8-12-16-24-32-26-17-21-29(27-32)19-13-9-5-1/h9,13,17-18,21-22,25,27H,1-8,10-12,14-16,19-20,23-24,26,28H2. The molecule has 0 saturated carbocycles. The smallest absolute Gasteiger partial charge is 0.0386 e. The summed E-state index contributed by atoms with van der Waals surface area (Å²) in [6, 6.07) is 0. The van der Waals surface area contributed by atoms with Crippen LogP contribution in [0.2, 0.25) is 0 Å². The minimum atomic E-state index is 1.09. The van der Waals surface area contributed by atoms with Crippen LogP contribution in [0, 0.1) is 0 Å². The summed E-state index contributed by atoms with van der Waals surface area (Å²) in [5.74, 6) is 0. The van der Waals surface area contributed by atoms with Gasteiger partial charge in [-0.05, 0) is 62.8 Å². The number of hydrogen-bond donors (Lipinski definition) is 0. The van der Waals surface area contributed by atoms with Crippen LogP contribution in [0.5, 0.6) is 0 Å². The van der Waals surface area contributed by atoms with Gasteiger partial charge in [0.25, 0.3) is 0 Å². The molecule has 3 rings (SSSR count). The molecule has 0 aromatic carbocycles. The normalized spacial score (nSPS) is 23.5. The average molecular weight is 437 g/mol. The number of rotatable bonds is 0. The van der Waals surface area contributed by atoms with Crippen molar-refractivity contribution in [2.45, 2.75) is 103 Å². The fourth-order valence-electron chi connectivity index (χ4n) is 5.10. The highest BCUT2D eigenvalue weighted by atomic mass is 15.1. The monoisotopic (exact) mass is 436 g/mol. The Morgan fingerprint density at radius 1 is 0.625 bits per heavy atom. The highest BCUT2D eigenvalue weighted by Crippen LogP contribution is 2.18. The van der Waals surface area contributed by atoms with Crippen LogP contribution in [0.15, 0.2) is 60.0 Å². The minimum Gasteiger partial charge on any atom is -0.373 e. The Hall–Kier alpha value is -1.70. The van der Waals surface area contributed by atoms with Crippen LogP contribution in [-0.2, 0) is 0 Å². The van der Waals surface area contributed by atoms with Crippen molar-refractivity contribution in [3.63, 3.8) is 0 Å². The summed E-state index contributed by atoms with van der Waals surface area (Å²) in [6.07, 6.45) is 40.4. The van der Waals surface area contributed by atoms with Gasteiger partial charge >= 0.3 is 0 Å². The van der Waals surface area contributed by atoms with Gasteiger partial charge in [-0.1, -0.05) is 93.7 Å². The van der Waals surface area contributed by atoms with Crippen LogP contribution in [0.1, 0.15) is 103 Å². The lowest BCUT2D eigenvalue weighted by Gasteiger charge is -2.25. The lowest BCUT2D eigenvalue weighted by Crippen LogP contribution is -2.23. The van der Waals surface area contributed by atoms with Crippen molar-refractivity contribution in [1.29, 1.82) is 0 Å². The molecule has 0 N–H and O–H groups in total. The van der Waals surface area contributed by atoms with E-state index in [0.29, 0.717) is 0 Å². The summed E-state index contributed by atoms with van der Waals surface area (Å²) in [5.41, 5.74) is 3.11. The molecular formula is C30H48N2. The maximum absolute atomic E-state index is 2.54. The Labute approximate surface area is 198 Å². The van der Waals surface area contributed by atoms with Gasteiger partial charge < -0.3 is 9.80 Å². The van der Waals surface area contributed by atoms with Crippen LogP contribution in [0.3, 0.4) is 0 Å². The Kier molecular flexibility index (Phi) is 12.5. The Morgan fingerprint density at radius 3 is 2.12 bits per heavy atom. The molecule has 0 radical (unpaired) electrons. The quantitative estimate of drug-likeness (QED) is 0.352. The molecule has 0 fully saturated rings. The zero-order valence-electron chi connectivity index (χ0n) is 20.7. The number of hydrogen-bond acceptors (Lipinski definition) is 2. The molecule has 0 spiro atoms. The highest BCUT2D eigenvalue weighted by molar-refractivity contribution is 5.24. The molecule has 32 heavy (non-hydrogen) atoms. The molecule has 4 bridgehead atoms. The van der Waals surface area contributed by atoms with Crippen LogP contribution in [0.4, 0.5) is 0 Å². The van der Waals surface area contributed by atoms with Gasteiger partial charge in [0.15, 0.2) is 0 Å². The third-order valence-corrected chi connectivity index (χ3v) is 7.08. The van der Waals surface area contributed by atoms with Gasteiger partial charge in [-0.15, -0.1) is 0 Å². The van der Waals surface area contributed by atoms with E-state index < -0.39 is 0 Å². The van der Waals surface area contributed by atoms with Crippen LogP contribution in [0.25, 0.3) is 0 Å². The van der Waals surface area contributed by atoms with Crippen molar-refractivity contribution in [2.75, 3.05) is 26.2 Å². The van der Waals surface area contributed by atoms with Crippen molar-refractivity contribution in [2.24, 2.45) is 0 Å². The number of nitrogens with zero attached hydrogens (tertiary/aromatic N) is 2. The van der Waals surface area contributed by atoms with E-state index in [-0.39, 0.29) is 0 Å². The van der Waals surface area contributed by atoms with E-state index in [2.05, 4.69) is 58.7 Å². The molecule has 2 heteroatoms. The van der Waals surface area contributed by atoms with E-state index in [1.807, 2.05) is 0 Å². The minimum absolute atomic E-state index is 1.09. The summed E-state index contributed by atoms with van der Waals surface area (Å²) in [6.45, 7) is 4.71. The lowest BCUT2D eigenvalue weighted by atomic mass is 10.0. The molecule has 3 aliphatic heterocycles. The Morgan fingerprint density at radius 2 is 1.31 bits per heavy atom. The third kappa shape index (κ3) is 10.7. The van der Waals surface area contributed by atoms with Gasteiger partial charge in [0.05, 0.1) is 0 Å². The Balaban J connectivity index is 1.39. The second kappa shape index (κ2) is 16.0. The largest absolute Gasteiger partial charge is 0.373 e. The van der Waals surface area contributed by atoms with E-state index in [1.165, 1.54) is 122 Å². The summed E-state index contributed by atoms with van der Waals surface area (Å²) in [4.78, 5) is 5.06. The molecule has 3 aliphatic rings. The second-order valence-electron chi connectivity index (χ2n) is 10.0. The van der Waals surface area contributed by atoms with Gasteiger partial charge in [-0.3, -0.25) is 0 Å². The fraction of sp³-hybridized carbons (Fsp3) is 0.667. The molecule has 0 amide bonds. The first-order valence-corrected chi connectivity index (χ1v) is 13.8. The molecule has 178 valence electrons. The van der Waals surface area contributed by atoms with Gasteiger partial charge in [0.2, 0.25) is 0 Å². The van der Waals surface area contributed by atoms with Gasteiger partial charge in [-0.25, -0.2) is 0 Å². The SMILES string of the molecule is C1=CN2CCCCCCCC=CCC3=CN(CC=C3)CCCCCCCCCCC(=C1)C2. The van der Waals surface area contributed by atoms with E-state index in [9.17, 15) is 0 Å². The first-order valence-electron chi connectivity index (χ1n) is 13.8. The molecular weight excluding hydrogens is 388 g/mol. The highest BCUT2D eigenvalue weighted by Gasteiger charge is 2.08. The lowest BCUT2D eigenvalue weighted by molar-refractivity contribution is 0.378. The first kappa shape index (κ1) is 24.9. The summed E-state index contributed by atoms with van der Waals surface area (Å²) in [7, 11) is 0. The van der Waals surface area contributed by atoms with E-state index in [4.69, 9.17) is 0 Å². The van der Waals surface area contributed by atoms with Gasteiger partial charge in [0.1, 0.15) is 0 Å². The second-order valence-corrected chi connectivity index (χ2v) is 10.0. The van der Waals surface area contributed by atoms with Crippen LogP contribution >= 0.6 is 0 Å². The van der Waals surface area contributed by atoms with Crippen molar-refractivity contribution in [3.8, 4) is 0 Å². The van der Waals surface area contributed by atoms with E-state index >= 15 is 0 Å². The maximum atomic E-state index is 2.54. The van der Waals surface area contributed by atoms with E-state index in [0.717, 1.165) is 13.0 Å². The van der Waals surface area contributed by atoms with Crippen LogP contribution in [-0.4, -0.2) is 36.0 Å². The predicted octanol–water partition coefficient (Wildman–Crippen LogP) is 8.31. The number of fused-ring (bicyclic) bond motifs is 3. The molecule has 0 atom stereocenters. The van der Waals surface area contributed by atoms with Crippen molar-refractivity contribution in [3.05, 3.63) is 60.0 Å². The third-order valence-electron chi connectivity index (χ3n) is 7.08. The zero-order chi connectivity index (χ0) is 22.1. The Bertz CT molecular complexity index is 652. The predicted molar refractivity (Wildman–Crippen MR) is 141 cm³/mol. The molecule has 3 heterocycles. The van der Waals surface area contributed by atoms with Crippen molar-refractivity contribution in [1.82, 2.24) is 9.80 Å². The molecule has 2 nitrogen and oxygen atoms in total. The van der Waals surface area contributed by atoms with Gasteiger partial charge in [0, 0.05) is 32.4 Å². The molecule has 0 saturated heterocycles. The topological polar surface area (TPSA) is 6.48 Å². The number of allylic oxidation sites excluding steroid dienone is 6. The molecule has 0 aromatic heterocycles. The molecule has 0 aliphatic carbocycles. The summed E-state index contributed by atoms with van der Waals surface area (Å²) in [5, 5.41) is 0. The average Bonchev–Trinajstić information content (AvgIpc) is 2.81.